The van der Waals surface area contributed by atoms with Gasteiger partial charge in [-0.1, -0.05) is 41.4 Å². The lowest BCUT2D eigenvalue weighted by Gasteiger charge is -2.06. The summed E-state index contributed by atoms with van der Waals surface area (Å²) in [4.78, 5) is 12.1. The van der Waals surface area contributed by atoms with E-state index >= 15 is 0 Å². The van der Waals surface area contributed by atoms with Crippen LogP contribution in [0.2, 0.25) is 10.0 Å². The number of hydrogen-bond donors (Lipinski definition) is 4. The van der Waals surface area contributed by atoms with Crippen molar-refractivity contribution in [1.29, 1.82) is 5.41 Å². The molecule has 6 N–H and O–H groups in total. The molecule has 0 amide bonds. The van der Waals surface area contributed by atoms with Crippen LogP contribution in [0.15, 0.2) is 41.4 Å². The van der Waals surface area contributed by atoms with E-state index < -0.39 is 0 Å². The average Bonchev–Trinajstić information content (AvgIpc) is 3.18. The number of aliphatic imine (C=N–C) groups is 1. The predicted octanol–water partition coefficient (Wildman–Crippen LogP) is 5.16. The molecule has 29 heavy (non-hydrogen) atoms. The first kappa shape index (κ1) is 23.0. The maximum atomic E-state index is 7.76. The minimum atomic E-state index is 0. The van der Waals surface area contributed by atoms with Crippen LogP contribution in [0.1, 0.15) is 23.1 Å². The second kappa shape index (κ2) is 9.05. The molecule has 4 rings (SSSR count). The van der Waals surface area contributed by atoms with Crippen molar-refractivity contribution < 1.29 is 0 Å². The molecule has 6 nitrogen and oxygen atoms in total. The van der Waals surface area contributed by atoms with E-state index in [-0.39, 0.29) is 36.6 Å². The second-order valence-corrected chi connectivity index (χ2v) is 7.09. The van der Waals surface area contributed by atoms with Gasteiger partial charge in [0.2, 0.25) is 0 Å². The number of benzene rings is 2. The second-order valence-electron chi connectivity index (χ2n) is 6.25. The highest BCUT2D eigenvalue weighted by Gasteiger charge is 2.23. The van der Waals surface area contributed by atoms with E-state index in [4.69, 9.17) is 45.1 Å². The zero-order valence-corrected chi connectivity index (χ0v) is 18.1. The minimum absolute atomic E-state index is 0. The molecule has 2 aromatic carbocycles. The van der Waals surface area contributed by atoms with Gasteiger partial charge in [0.1, 0.15) is 11.5 Å². The molecule has 0 unspecified atom stereocenters. The number of amidine groups is 1. The molecule has 1 aromatic heterocycles. The van der Waals surface area contributed by atoms with Crippen molar-refractivity contribution in [2.24, 2.45) is 10.7 Å². The fraction of sp³-hybridized carbons (Fsp3) is 0.105. The quantitative estimate of drug-likeness (QED) is 0.312. The van der Waals surface area contributed by atoms with E-state index in [1.807, 2.05) is 18.2 Å². The van der Waals surface area contributed by atoms with E-state index in [1.54, 1.807) is 18.2 Å². The van der Waals surface area contributed by atoms with Gasteiger partial charge >= 0.3 is 0 Å². The smallest absolute Gasteiger partial charge is 0.199 e. The number of hydrogen-bond acceptors (Lipinski definition) is 4. The van der Waals surface area contributed by atoms with Gasteiger partial charge in [-0.25, -0.2) is 9.98 Å². The normalized spacial score (nSPS) is 13.5. The van der Waals surface area contributed by atoms with E-state index in [0.717, 1.165) is 35.2 Å². The Kier molecular flexibility index (Phi) is 7.19. The molecular weight excluding hydrogens is 454 g/mol. The minimum Gasteiger partial charge on any atom is -0.384 e. The first-order valence-corrected chi connectivity index (χ1v) is 9.04. The summed E-state index contributed by atoms with van der Waals surface area (Å²) >= 11 is 12.3. The van der Waals surface area contributed by atoms with Crippen molar-refractivity contribution in [3.63, 3.8) is 0 Å². The molecule has 0 bridgehead atoms. The number of halogens is 4. The third kappa shape index (κ3) is 4.36. The van der Waals surface area contributed by atoms with Crippen molar-refractivity contribution >= 4 is 71.3 Å². The summed E-state index contributed by atoms with van der Waals surface area (Å²) in [5.74, 6) is 0.853. The Morgan fingerprint density at radius 1 is 1.10 bits per heavy atom. The molecule has 0 spiro atoms. The van der Waals surface area contributed by atoms with Crippen LogP contribution >= 0.6 is 48.0 Å². The topological polar surface area (TPSA) is 117 Å². The Balaban J connectivity index is 0.00000150. The highest BCUT2D eigenvalue weighted by molar-refractivity contribution is 6.36. The molecule has 3 aromatic rings. The molecule has 0 atom stereocenters. The summed E-state index contributed by atoms with van der Waals surface area (Å²) in [6.07, 6.45) is 1.52. The fourth-order valence-corrected chi connectivity index (χ4v) is 3.84. The zero-order chi connectivity index (χ0) is 19.1. The van der Waals surface area contributed by atoms with Crippen LogP contribution in [0.3, 0.4) is 0 Å². The number of aromatic amines is 1. The van der Waals surface area contributed by atoms with Crippen molar-refractivity contribution in [3.05, 3.63) is 63.1 Å². The van der Waals surface area contributed by atoms with Crippen LogP contribution in [0.25, 0.3) is 11.3 Å². The summed E-state index contributed by atoms with van der Waals surface area (Å²) < 4.78 is 0. The van der Waals surface area contributed by atoms with Gasteiger partial charge < -0.3 is 16.5 Å². The molecular formula is C19H18Cl4N6. The number of nitrogens with two attached hydrogens (primary N) is 2. The number of imidazole rings is 1. The van der Waals surface area contributed by atoms with Crippen molar-refractivity contribution in [2.75, 3.05) is 5.73 Å². The summed E-state index contributed by atoms with van der Waals surface area (Å²) in [6, 6.07) is 10.9. The number of rotatable bonds is 3. The Labute approximate surface area is 190 Å². The van der Waals surface area contributed by atoms with Gasteiger partial charge in [-0.3, -0.25) is 5.41 Å². The van der Waals surface area contributed by atoms with E-state index in [9.17, 15) is 0 Å². The monoisotopic (exact) mass is 470 g/mol. The highest BCUT2D eigenvalue weighted by atomic mass is 35.5. The lowest BCUT2D eigenvalue weighted by molar-refractivity contribution is 1.08. The highest BCUT2D eigenvalue weighted by Crippen LogP contribution is 2.36. The van der Waals surface area contributed by atoms with E-state index in [1.165, 1.54) is 0 Å². The van der Waals surface area contributed by atoms with Crippen LogP contribution in [-0.2, 0) is 6.42 Å². The third-order valence-electron chi connectivity index (χ3n) is 4.52. The molecule has 0 radical (unpaired) electrons. The predicted molar refractivity (Wildman–Crippen MR) is 125 cm³/mol. The Morgan fingerprint density at radius 3 is 2.55 bits per heavy atom. The van der Waals surface area contributed by atoms with Crippen LogP contribution in [0.5, 0.6) is 0 Å². The lowest BCUT2D eigenvalue weighted by atomic mass is 10.0. The molecule has 0 saturated carbocycles. The van der Waals surface area contributed by atoms with Crippen LogP contribution in [0, 0.1) is 5.41 Å². The van der Waals surface area contributed by atoms with Gasteiger partial charge in [-0.15, -0.1) is 24.8 Å². The van der Waals surface area contributed by atoms with Gasteiger partial charge in [0, 0.05) is 16.1 Å². The van der Waals surface area contributed by atoms with Gasteiger partial charge in [0.15, 0.2) is 11.8 Å². The first-order valence-electron chi connectivity index (χ1n) is 8.29. The molecule has 1 aliphatic carbocycles. The Bertz CT molecular complexity index is 1110. The molecule has 10 heteroatoms. The van der Waals surface area contributed by atoms with Crippen LogP contribution < -0.4 is 11.5 Å². The Morgan fingerprint density at radius 2 is 1.86 bits per heavy atom. The molecule has 0 aliphatic heterocycles. The maximum Gasteiger partial charge on any atom is 0.199 e. The van der Waals surface area contributed by atoms with Gasteiger partial charge in [0.25, 0.3) is 0 Å². The lowest BCUT2D eigenvalue weighted by Crippen LogP contribution is -2.13. The summed E-state index contributed by atoms with van der Waals surface area (Å²) in [5.41, 5.74) is 16.5. The fourth-order valence-electron chi connectivity index (χ4n) is 3.34. The summed E-state index contributed by atoms with van der Waals surface area (Å²) in [7, 11) is 0. The third-order valence-corrected chi connectivity index (χ3v) is 5.07. The number of H-pyrrole nitrogens is 1. The number of nitrogens with one attached hydrogen (secondary N) is 2. The summed E-state index contributed by atoms with van der Waals surface area (Å²) in [6.45, 7) is 0. The zero-order valence-electron chi connectivity index (χ0n) is 15.0. The number of aromatic nitrogens is 2. The van der Waals surface area contributed by atoms with E-state index in [0.29, 0.717) is 27.1 Å². The van der Waals surface area contributed by atoms with Crippen LogP contribution in [0.4, 0.5) is 11.8 Å². The molecule has 1 heterocycles. The summed E-state index contributed by atoms with van der Waals surface area (Å²) in [5, 5.41) is 8.78. The number of nitrogens with zero attached hydrogens (tertiary/aromatic N) is 2. The average molecular weight is 472 g/mol. The van der Waals surface area contributed by atoms with Crippen molar-refractivity contribution in [3.8, 4) is 11.3 Å². The standard InChI is InChI=1S/C19H16Cl2N6.2ClH/c20-9-4-5-13(14(21)8-9)16-18(27-19(24)26-16)25-15-7-6-10-11(15)2-1-3-12(10)17(22)23;;/h1-5,8H,6-7H2,(H3,22,23)(H3,24,26,27);2*1H. The van der Waals surface area contributed by atoms with Crippen molar-refractivity contribution in [2.45, 2.75) is 12.8 Å². The largest absolute Gasteiger partial charge is 0.384 e. The maximum absolute atomic E-state index is 7.76. The molecule has 152 valence electrons. The van der Waals surface area contributed by atoms with Crippen molar-refractivity contribution in [1.82, 2.24) is 9.97 Å². The molecule has 0 fully saturated rings. The number of anilines is 1. The number of nitrogen functional groups attached to an aromatic ring is 2. The van der Waals surface area contributed by atoms with E-state index in [2.05, 4.69) is 9.97 Å². The number of fused-ring (bicyclic) bond motifs is 1. The molecule has 0 saturated heterocycles. The van der Waals surface area contributed by atoms with Gasteiger partial charge in [0.05, 0.1) is 10.7 Å². The Hall–Kier alpha value is -2.25. The molecule has 1 aliphatic rings. The van der Waals surface area contributed by atoms with Gasteiger partial charge in [-0.05, 0) is 42.2 Å². The first-order chi connectivity index (χ1) is 12.9. The van der Waals surface area contributed by atoms with Gasteiger partial charge in [-0.2, -0.15) is 0 Å². The van der Waals surface area contributed by atoms with Crippen LogP contribution in [-0.4, -0.2) is 21.5 Å². The SMILES string of the molecule is Cl.Cl.N=C(N)c1cccc2c1CCC2=Nc1[nH]c(N)nc1-c1ccc(Cl)cc1Cl.